The molecule has 1 atom stereocenters. The Labute approximate surface area is 119 Å². The minimum Gasteiger partial charge on any atom is -0.395 e. The SMILES string of the molecule is CCNc1ccc(S(=O)(=O)N2CCOCC2CO)cc1. The van der Waals surface area contributed by atoms with Gasteiger partial charge in [-0.3, -0.25) is 0 Å². The molecule has 112 valence electrons. The highest BCUT2D eigenvalue weighted by Crippen LogP contribution is 2.22. The third-order valence-electron chi connectivity index (χ3n) is 3.23. The first-order valence-corrected chi connectivity index (χ1v) is 8.08. The van der Waals surface area contributed by atoms with Gasteiger partial charge in [-0.1, -0.05) is 0 Å². The van der Waals surface area contributed by atoms with Crippen molar-refractivity contribution in [2.45, 2.75) is 17.9 Å². The molecule has 20 heavy (non-hydrogen) atoms. The molecule has 1 aromatic rings. The van der Waals surface area contributed by atoms with E-state index in [2.05, 4.69) is 5.32 Å². The quantitative estimate of drug-likeness (QED) is 0.828. The lowest BCUT2D eigenvalue weighted by Gasteiger charge is -2.33. The highest BCUT2D eigenvalue weighted by Gasteiger charge is 2.33. The molecule has 0 spiro atoms. The largest absolute Gasteiger partial charge is 0.395 e. The van der Waals surface area contributed by atoms with Crippen LogP contribution in [0.1, 0.15) is 6.92 Å². The molecule has 0 bridgehead atoms. The Morgan fingerprint density at radius 1 is 1.40 bits per heavy atom. The predicted molar refractivity (Wildman–Crippen MR) is 76.2 cm³/mol. The Hall–Kier alpha value is -1.15. The number of morpholine rings is 1. The monoisotopic (exact) mass is 300 g/mol. The summed E-state index contributed by atoms with van der Waals surface area (Å²) in [6, 6.07) is 6.13. The first-order valence-electron chi connectivity index (χ1n) is 6.64. The summed E-state index contributed by atoms with van der Waals surface area (Å²) in [7, 11) is -3.59. The first-order chi connectivity index (χ1) is 9.59. The van der Waals surface area contributed by atoms with E-state index in [0.717, 1.165) is 12.2 Å². The van der Waals surface area contributed by atoms with E-state index in [0.29, 0.717) is 6.61 Å². The van der Waals surface area contributed by atoms with Gasteiger partial charge < -0.3 is 15.2 Å². The fraction of sp³-hybridized carbons (Fsp3) is 0.538. The van der Waals surface area contributed by atoms with Crippen molar-refractivity contribution in [1.29, 1.82) is 0 Å². The maximum absolute atomic E-state index is 12.6. The highest BCUT2D eigenvalue weighted by molar-refractivity contribution is 7.89. The second-order valence-corrected chi connectivity index (χ2v) is 6.47. The minimum absolute atomic E-state index is 0.227. The number of nitrogens with zero attached hydrogens (tertiary/aromatic N) is 1. The first kappa shape index (κ1) is 15.2. The molecule has 1 aliphatic heterocycles. The van der Waals surface area contributed by atoms with Crippen LogP contribution in [0, 0.1) is 0 Å². The number of benzene rings is 1. The van der Waals surface area contributed by atoms with Crippen molar-refractivity contribution in [3.8, 4) is 0 Å². The van der Waals surface area contributed by atoms with Crippen LogP contribution in [-0.4, -0.2) is 56.8 Å². The van der Waals surface area contributed by atoms with E-state index in [1.54, 1.807) is 24.3 Å². The third-order valence-corrected chi connectivity index (χ3v) is 5.19. The molecule has 0 saturated carbocycles. The number of nitrogens with one attached hydrogen (secondary N) is 1. The van der Waals surface area contributed by atoms with Gasteiger partial charge in [0.1, 0.15) is 0 Å². The number of aliphatic hydroxyl groups excluding tert-OH is 1. The standard InChI is InChI=1S/C13H20N2O4S/c1-2-14-11-3-5-13(6-4-11)20(17,18)15-7-8-19-10-12(15)9-16/h3-6,12,14,16H,2,7-10H2,1H3. The molecule has 6 nitrogen and oxygen atoms in total. The summed E-state index contributed by atoms with van der Waals surface area (Å²) < 4.78 is 31.7. The summed E-state index contributed by atoms with van der Waals surface area (Å²) in [5.74, 6) is 0. The summed E-state index contributed by atoms with van der Waals surface area (Å²) in [4.78, 5) is 0.236. The number of hydrogen-bond acceptors (Lipinski definition) is 5. The van der Waals surface area contributed by atoms with Crippen LogP contribution in [0.25, 0.3) is 0 Å². The average molecular weight is 300 g/mol. The number of hydrogen-bond donors (Lipinski definition) is 2. The molecule has 1 unspecified atom stereocenters. The van der Waals surface area contributed by atoms with Gasteiger partial charge in [-0.15, -0.1) is 0 Å². The number of rotatable bonds is 5. The molecule has 0 amide bonds. The van der Waals surface area contributed by atoms with E-state index < -0.39 is 16.1 Å². The molecular formula is C13H20N2O4S. The Kier molecular flexibility index (Phi) is 4.98. The van der Waals surface area contributed by atoms with Gasteiger partial charge in [-0.25, -0.2) is 8.42 Å². The minimum atomic E-state index is -3.59. The summed E-state index contributed by atoms with van der Waals surface area (Å²) >= 11 is 0. The van der Waals surface area contributed by atoms with Crippen LogP contribution < -0.4 is 5.32 Å². The van der Waals surface area contributed by atoms with Crippen molar-refractivity contribution in [3.05, 3.63) is 24.3 Å². The van der Waals surface area contributed by atoms with Gasteiger partial charge in [0.2, 0.25) is 10.0 Å². The summed E-state index contributed by atoms with van der Waals surface area (Å²) in [5.41, 5.74) is 0.882. The van der Waals surface area contributed by atoms with E-state index in [-0.39, 0.29) is 24.7 Å². The van der Waals surface area contributed by atoms with E-state index in [1.165, 1.54) is 4.31 Å². The lowest BCUT2D eigenvalue weighted by molar-refractivity contribution is 0.0109. The number of anilines is 1. The van der Waals surface area contributed by atoms with Gasteiger partial charge in [0, 0.05) is 18.8 Å². The Morgan fingerprint density at radius 3 is 2.70 bits per heavy atom. The van der Waals surface area contributed by atoms with Crippen LogP contribution in [0.3, 0.4) is 0 Å². The van der Waals surface area contributed by atoms with Crippen LogP contribution in [0.4, 0.5) is 5.69 Å². The fourth-order valence-corrected chi connectivity index (χ4v) is 3.77. The van der Waals surface area contributed by atoms with E-state index in [1.807, 2.05) is 6.92 Å². The van der Waals surface area contributed by atoms with Crippen LogP contribution in [0.15, 0.2) is 29.2 Å². The zero-order valence-corrected chi connectivity index (χ0v) is 12.3. The molecule has 1 heterocycles. The zero-order valence-electron chi connectivity index (χ0n) is 11.4. The Morgan fingerprint density at radius 2 is 2.10 bits per heavy atom. The smallest absolute Gasteiger partial charge is 0.243 e. The van der Waals surface area contributed by atoms with Crippen molar-refractivity contribution >= 4 is 15.7 Å². The summed E-state index contributed by atoms with van der Waals surface area (Å²) in [5, 5.41) is 12.4. The van der Waals surface area contributed by atoms with Gasteiger partial charge in [0.25, 0.3) is 0 Å². The van der Waals surface area contributed by atoms with E-state index in [9.17, 15) is 13.5 Å². The lowest BCUT2D eigenvalue weighted by Crippen LogP contribution is -2.50. The molecule has 1 aromatic carbocycles. The average Bonchev–Trinajstić information content (AvgIpc) is 2.48. The fourth-order valence-electron chi connectivity index (χ4n) is 2.18. The van der Waals surface area contributed by atoms with Crippen molar-refractivity contribution in [3.63, 3.8) is 0 Å². The molecule has 0 aromatic heterocycles. The zero-order chi connectivity index (χ0) is 14.6. The second-order valence-electron chi connectivity index (χ2n) is 4.58. The topological polar surface area (TPSA) is 78.9 Å². The highest BCUT2D eigenvalue weighted by atomic mass is 32.2. The van der Waals surface area contributed by atoms with Crippen LogP contribution in [0.5, 0.6) is 0 Å². The maximum atomic E-state index is 12.6. The van der Waals surface area contributed by atoms with Gasteiger partial charge in [0.15, 0.2) is 0 Å². The molecule has 1 fully saturated rings. The maximum Gasteiger partial charge on any atom is 0.243 e. The number of aliphatic hydroxyl groups is 1. The van der Waals surface area contributed by atoms with Crippen molar-refractivity contribution in [2.24, 2.45) is 0 Å². The molecule has 2 N–H and O–H groups in total. The second kappa shape index (κ2) is 6.53. The van der Waals surface area contributed by atoms with E-state index >= 15 is 0 Å². The van der Waals surface area contributed by atoms with Crippen LogP contribution in [-0.2, 0) is 14.8 Å². The number of ether oxygens (including phenoxy) is 1. The van der Waals surface area contributed by atoms with Gasteiger partial charge in [0.05, 0.1) is 30.8 Å². The predicted octanol–water partition coefficient (Wildman–Crippen LogP) is 0.500. The van der Waals surface area contributed by atoms with E-state index in [4.69, 9.17) is 4.74 Å². The third kappa shape index (κ3) is 3.12. The Balaban J connectivity index is 2.24. The van der Waals surface area contributed by atoms with Gasteiger partial charge in [-0.05, 0) is 31.2 Å². The van der Waals surface area contributed by atoms with Gasteiger partial charge in [-0.2, -0.15) is 4.31 Å². The molecular weight excluding hydrogens is 280 g/mol. The van der Waals surface area contributed by atoms with Crippen LogP contribution in [0.2, 0.25) is 0 Å². The van der Waals surface area contributed by atoms with Crippen molar-refractivity contribution in [2.75, 3.05) is 38.2 Å². The lowest BCUT2D eigenvalue weighted by atomic mass is 10.3. The molecule has 1 aliphatic rings. The normalized spacial score (nSPS) is 20.8. The number of sulfonamides is 1. The summed E-state index contributed by atoms with van der Waals surface area (Å²) in [6.07, 6.45) is 0. The Bertz CT molecular complexity index is 530. The van der Waals surface area contributed by atoms with Gasteiger partial charge >= 0.3 is 0 Å². The molecule has 7 heteroatoms. The molecule has 2 rings (SSSR count). The molecule has 1 saturated heterocycles. The van der Waals surface area contributed by atoms with Crippen molar-refractivity contribution < 1.29 is 18.3 Å². The van der Waals surface area contributed by atoms with Crippen LogP contribution >= 0.6 is 0 Å². The summed E-state index contributed by atoms with van der Waals surface area (Å²) in [6.45, 7) is 3.36. The van der Waals surface area contributed by atoms with Crippen molar-refractivity contribution in [1.82, 2.24) is 4.31 Å². The molecule has 0 radical (unpaired) electrons. The molecule has 0 aliphatic carbocycles.